The number of likely N-dealkylation sites (N-methyl/N-ethyl adjacent to an activating group) is 1. The maximum Gasteiger partial charge on any atom is 0.261 e. The fourth-order valence-electron chi connectivity index (χ4n) is 3.01. The van der Waals surface area contributed by atoms with Gasteiger partial charge in [-0.3, -0.25) is 9.59 Å². The van der Waals surface area contributed by atoms with Crippen molar-refractivity contribution < 1.29 is 14.3 Å². The van der Waals surface area contributed by atoms with Crippen molar-refractivity contribution in [1.82, 2.24) is 10.2 Å². The van der Waals surface area contributed by atoms with Crippen LogP contribution in [0.15, 0.2) is 46.9 Å². The van der Waals surface area contributed by atoms with E-state index in [-0.39, 0.29) is 18.4 Å². The highest BCUT2D eigenvalue weighted by Gasteiger charge is 2.26. The van der Waals surface area contributed by atoms with E-state index in [0.29, 0.717) is 18.2 Å². The van der Waals surface area contributed by atoms with Gasteiger partial charge in [0.15, 0.2) is 6.61 Å². The van der Waals surface area contributed by atoms with Crippen LogP contribution in [0.5, 0.6) is 5.75 Å². The zero-order valence-electron chi connectivity index (χ0n) is 17.7. The molecule has 0 aliphatic heterocycles. The van der Waals surface area contributed by atoms with Gasteiger partial charge in [-0.05, 0) is 59.0 Å². The van der Waals surface area contributed by atoms with Crippen LogP contribution in [0.3, 0.4) is 0 Å². The first-order valence-electron chi connectivity index (χ1n) is 9.71. The van der Waals surface area contributed by atoms with Crippen molar-refractivity contribution in [2.24, 2.45) is 0 Å². The lowest BCUT2D eigenvalue weighted by molar-refractivity contribution is -0.142. The Morgan fingerprint density at radius 3 is 2.45 bits per heavy atom. The number of aryl methyl sites for hydroxylation is 1. The molecule has 2 aromatic carbocycles. The van der Waals surface area contributed by atoms with E-state index in [1.54, 1.807) is 18.9 Å². The number of ether oxygens (including phenoxy) is 1. The zero-order chi connectivity index (χ0) is 21.6. The minimum Gasteiger partial charge on any atom is -0.483 e. The molecule has 0 heterocycles. The lowest BCUT2D eigenvalue weighted by atomic mass is 10.0. The zero-order valence-corrected chi connectivity index (χ0v) is 19.2. The maximum atomic E-state index is 13.0. The van der Waals surface area contributed by atoms with Crippen molar-refractivity contribution in [1.29, 1.82) is 0 Å². The SMILES string of the molecule is CNC(=O)[C@@H](C)N(Cc1cccc(C)c1)C(=O)COc1ccc(C(C)C)cc1Br. The number of nitrogens with one attached hydrogen (secondary N) is 1. The number of carbonyl (C=O) groups excluding carboxylic acids is 2. The molecule has 0 saturated carbocycles. The summed E-state index contributed by atoms with van der Waals surface area (Å²) in [6, 6.07) is 13.2. The molecule has 6 heteroatoms. The summed E-state index contributed by atoms with van der Waals surface area (Å²) in [7, 11) is 1.57. The van der Waals surface area contributed by atoms with Gasteiger partial charge in [0, 0.05) is 13.6 Å². The molecule has 0 unspecified atom stereocenters. The molecule has 0 bridgehead atoms. The molecule has 156 valence electrons. The Balaban J connectivity index is 2.15. The standard InChI is InChI=1S/C23H29BrN2O3/c1-15(2)19-9-10-21(20(24)12-19)29-14-22(27)26(17(4)23(28)25-5)13-18-8-6-7-16(3)11-18/h6-12,15,17H,13-14H2,1-5H3,(H,25,28)/t17-/m1/s1. The summed E-state index contributed by atoms with van der Waals surface area (Å²) in [5, 5.41) is 2.62. The van der Waals surface area contributed by atoms with Crippen LogP contribution in [0, 0.1) is 6.92 Å². The highest BCUT2D eigenvalue weighted by molar-refractivity contribution is 9.10. The summed E-state index contributed by atoms with van der Waals surface area (Å²) in [6.07, 6.45) is 0. The monoisotopic (exact) mass is 460 g/mol. The highest BCUT2D eigenvalue weighted by atomic mass is 79.9. The van der Waals surface area contributed by atoms with Crippen LogP contribution in [-0.4, -0.2) is 36.4 Å². The molecule has 29 heavy (non-hydrogen) atoms. The Bertz CT molecular complexity index is 867. The molecule has 0 aromatic heterocycles. The molecule has 2 rings (SSSR count). The molecule has 1 atom stereocenters. The minimum absolute atomic E-state index is 0.146. The van der Waals surface area contributed by atoms with Gasteiger partial charge in [-0.1, -0.05) is 49.7 Å². The fraction of sp³-hybridized carbons (Fsp3) is 0.391. The molecule has 0 spiro atoms. The van der Waals surface area contributed by atoms with Gasteiger partial charge in [0.1, 0.15) is 11.8 Å². The number of benzene rings is 2. The van der Waals surface area contributed by atoms with Crippen LogP contribution < -0.4 is 10.1 Å². The van der Waals surface area contributed by atoms with E-state index in [9.17, 15) is 9.59 Å². The van der Waals surface area contributed by atoms with E-state index >= 15 is 0 Å². The molecular formula is C23H29BrN2O3. The van der Waals surface area contributed by atoms with Crippen molar-refractivity contribution in [3.63, 3.8) is 0 Å². The van der Waals surface area contributed by atoms with Crippen molar-refractivity contribution in [3.05, 3.63) is 63.6 Å². The first kappa shape index (κ1) is 22.9. The number of nitrogens with zero attached hydrogens (tertiary/aromatic N) is 1. The second-order valence-corrected chi connectivity index (χ2v) is 8.29. The smallest absolute Gasteiger partial charge is 0.261 e. The summed E-state index contributed by atoms with van der Waals surface area (Å²) in [5.41, 5.74) is 3.26. The van der Waals surface area contributed by atoms with Crippen molar-refractivity contribution >= 4 is 27.7 Å². The molecule has 5 nitrogen and oxygen atoms in total. The van der Waals surface area contributed by atoms with E-state index in [1.807, 2.05) is 49.4 Å². The van der Waals surface area contributed by atoms with Crippen LogP contribution in [0.4, 0.5) is 0 Å². The number of carbonyl (C=O) groups is 2. The third-order valence-corrected chi connectivity index (χ3v) is 5.44. The van der Waals surface area contributed by atoms with E-state index in [2.05, 4.69) is 35.1 Å². The summed E-state index contributed by atoms with van der Waals surface area (Å²) >= 11 is 3.51. The van der Waals surface area contributed by atoms with E-state index in [4.69, 9.17) is 4.74 Å². The van der Waals surface area contributed by atoms with Gasteiger partial charge >= 0.3 is 0 Å². The molecule has 0 radical (unpaired) electrons. The first-order chi connectivity index (χ1) is 13.7. The van der Waals surface area contributed by atoms with Crippen molar-refractivity contribution in [3.8, 4) is 5.75 Å². The second kappa shape index (κ2) is 10.4. The quantitative estimate of drug-likeness (QED) is 0.633. The summed E-state index contributed by atoms with van der Waals surface area (Å²) in [4.78, 5) is 26.7. The Kier molecular flexibility index (Phi) is 8.26. The number of hydrogen-bond donors (Lipinski definition) is 1. The number of hydrogen-bond acceptors (Lipinski definition) is 3. The summed E-state index contributed by atoms with van der Waals surface area (Å²) in [6.45, 7) is 8.15. The van der Waals surface area contributed by atoms with Gasteiger partial charge in [0.05, 0.1) is 4.47 Å². The first-order valence-corrected chi connectivity index (χ1v) is 10.5. The molecule has 0 fully saturated rings. The van der Waals surface area contributed by atoms with Crippen LogP contribution in [-0.2, 0) is 16.1 Å². The van der Waals surface area contributed by atoms with E-state index in [0.717, 1.165) is 15.6 Å². The largest absolute Gasteiger partial charge is 0.483 e. The third kappa shape index (κ3) is 6.32. The van der Waals surface area contributed by atoms with Crippen LogP contribution in [0.25, 0.3) is 0 Å². The summed E-state index contributed by atoms with van der Waals surface area (Å²) < 4.78 is 6.58. The Labute approximate surface area is 181 Å². The van der Waals surface area contributed by atoms with Crippen molar-refractivity contribution in [2.45, 2.75) is 46.2 Å². The number of rotatable bonds is 8. The predicted molar refractivity (Wildman–Crippen MR) is 119 cm³/mol. The van der Waals surface area contributed by atoms with E-state index in [1.165, 1.54) is 5.56 Å². The molecule has 0 aliphatic carbocycles. The van der Waals surface area contributed by atoms with Gasteiger partial charge in [-0.25, -0.2) is 0 Å². The van der Waals surface area contributed by atoms with Gasteiger partial charge in [-0.2, -0.15) is 0 Å². The molecule has 2 amide bonds. The molecule has 1 N–H and O–H groups in total. The fourth-order valence-corrected chi connectivity index (χ4v) is 3.53. The topological polar surface area (TPSA) is 58.6 Å². The van der Waals surface area contributed by atoms with Crippen LogP contribution in [0.1, 0.15) is 43.4 Å². The Morgan fingerprint density at radius 2 is 1.86 bits per heavy atom. The average Bonchev–Trinajstić information content (AvgIpc) is 2.69. The van der Waals surface area contributed by atoms with Crippen molar-refractivity contribution in [2.75, 3.05) is 13.7 Å². The Morgan fingerprint density at radius 1 is 1.14 bits per heavy atom. The van der Waals surface area contributed by atoms with Gasteiger partial charge in [-0.15, -0.1) is 0 Å². The third-order valence-electron chi connectivity index (χ3n) is 4.82. The summed E-state index contributed by atoms with van der Waals surface area (Å²) in [5.74, 6) is 0.543. The molecule has 2 aromatic rings. The highest BCUT2D eigenvalue weighted by Crippen LogP contribution is 2.29. The van der Waals surface area contributed by atoms with Crippen LogP contribution >= 0.6 is 15.9 Å². The lowest BCUT2D eigenvalue weighted by Crippen LogP contribution is -2.48. The lowest BCUT2D eigenvalue weighted by Gasteiger charge is -2.28. The number of halogens is 1. The minimum atomic E-state index is -0.608. The molecule has 0 saturated heterocycles. The Hall–Kier alpha value is -2.34. The van der Waals surface area contributed by atoms with Gasteiger partial charge in [0.25, 0.3) is 5.91 Å². The van der Waals surface area contributed by atoms with Gasteiger partial charge < -0.3 is 15.0 Å². The second-order valence-electron chi connectivity index (χ2n) is 7.43. The normalized spacial score (nSPS) is 11.8. The predicted octanol–water partition coefficient (Wildman–Crippen LogP) is 4.42. The number of amides is 2. The molecular weight excluding hydrogens is 432 g/mol. The molecule has 0 aliphatic rings. The van der Waals surface area contributed by atoms with Gasteiger partial charge in [0.2, 0.25) is 5.91 Å². The average molecular weight is 461 g/mol. The maximum absolute atomic E-state index is 13.0. The van der Waals surface area contributed by atoms with Crippen LogP contribution in [0.2, 0.25) is 0 Å². The van der Waals surface area contributed by atoms with E-state index < -0.39 is 6.04 Å².